The highest BCUT2D eigenvalue weighted by Crippen LogP contribution is 2.34. The maximum atomic E-state index is 13.5. The molecule has 0 fully saturated rings. The van der Waals surface area contributed by atoms with Crippen molar-refractivity contribution >= 4 is 6.21 Å². The quantitative estimate of drug-likeness (QED) is 0.804. The van der Waals surface area contributed by atoms with Crippen LogP contribution in [0, 0.1) is 5.82 Å². The first kappa shape index (κ1) is 18.7. The third kappa shape index (κ3) is 4.91. The SMILES string of the molecule is COc1ccc(F)cc1CC(O)(CCC(F)(F)F)C1C=NCCO1. The molecule has 134 valence electrons. The molecule has 0 aromatic heterocycles. The van der Waals surface area contributed by atoms with E-state index in [1.807, 2.05) is 0 Å². The van der Waals surface area contributed by atoms with E-state index >= 15 is 0 Å². The zero-order valence-electron chi connectivity index (χ0n) is 13.1. The topological polar surface area (TPSA) is 51.0 Å². The molecule has 0 saturated heterocycles. The fourth-order valence-electron chi connectivity index (χ4n) is 2.64. The van der Waals surface area contributed by atoms with Crippen LogP contribution in [-0.2, 0) is 11.2 Å². The fourth-order valence-corrected chi connectivity index (χ4v) is 2.64. The average molecular weight is 349 g/mol. The minimum Gasteiger partial charge on any atom is -0.496 e. The van der Waals surface area contributed by atoms with E-state index in [1.165, 1.54) is 25.5 Å². The van der Waals surface area contributed by atoms with Gasteiger partial charge >= 0.3 is 6.18 Å². The number of alkyl halides is 3. The van der Waals surface area contributed by atoms with Crippen LogP contribution in [0.3, 0.4) is 0 Å². The summed E-state index contributed by atoms with van der Waals surface area (Å²) >= 11 is 0. The molecule has 1 aromatic rings. The second-order valence-electron chi connectivity index (χ2n) is 5.70. The summed E-state index contributed by atoms with van der Waals surface area (Å²) in [5.41, 5.74) is -1.61. The van der Waals surface area contributed by atoms with E-state index in [9.17, 15) is 22.7 Å². The summed E-state index contributed by atoms with van der Waals surface area (Å²) in [6.07, 6.45) is -6.14. The molecule has 0 radical (unpaired) electrons. The normalized spacial score (nSPS) is 20.7. The van der Waals surface area contributed by atoms with Crippen LogP contribution in [0.4, 0.5) is 17.6 Å². The van der Waals surface area contributed by atoms with Crippen LogP contribution in [0.1, 0.15) is 18.4 Å². The van der Waals surface area contributed by atoms with Gasteiger partial charge in [0.1, 0.15) is 23.3 Å². The molecule has 0 saturated carbocycles. The van der Waals surface area contributed by atoms with Gasteiger partial charge in [-0.15, -0.1) is 0 Å². The summed E-state index contributed by atoms with van der Waals surface area (Å²) in [5, 5.41) is 10.9. The second-order valence-corrected chi connectivity index (χ2v) is 5.70. The first-order valence-corrected chi connectivity index (χ1v) is 7.46. The lowest BCUT2D eigenvalue weighted by Crippen LogP contribution is -2.49. The van der Waals surface area contributed by atoms with Gasteiger partial charge in [-0.1, -0.05) is 0 Å². The van der Waals surface area contributed by atoms with Crippen molar-refractivity contribution in [2.75, 3.05) is 20.3 Å². The van der Waals surface area contributed by atoms with Gasteiger partial charge in [0.25, 0.3) is 0 Å². The number of ether oxygens (including phenoxy) is 2. The van der Waals surface area contributed by atoms with E-state index in [4.69, 9.17) is 9.47 Å². The van der Waals surface area contributed by atoms with E-state index in [2.05, 4.69) is 4.99 Å². The summed E-state index contributed by atoms with van der Waals surface area (Å²) < 4.78 is 61.9. The van der Waals surface area contributed by atoms with Crippen molar-refractivity contribution in [2.45, 2.75) is 37.1 Å². The number of hydrogen-bond donors (Lipinski definition) is 1. The predicted molar refractivity (Wildman–Crippen MR) is 80.0 cm³/mol. The van der Waals surface area contributed by atoms with Crippen LogP contribution < -0.4 is 4.74 Å². The average Bonchev–Trinajstić information content (AvgIpc) is 2.53. The van der Waals surface area contributed by atoms with Crippen molar-refractivity contribution in [3.05, 3.63) is 29.6 Å². The Morgan fingerprint density at radius 1 is 1.33 bits per heavy atom. The Hall–Kier alpha value is -1.67. The van der Waals surface area contributed by atoms with Crippen LogP contribution in [0.5, 0.6) is 5.75 Å². The maximum absolute atomic E-state index is 13.5. The van der Waals surface area contributed by atoms with Crippen LogP contribution in [-0.4, -0.2) is 49.5 Å². The van der Waals surface area contributed by atoms with Gasteiger partial charge in [-0.05, 0) is 30.2 Å². The van der Waals surface area contributed by atoms with E-state index in [-0.39, 0.29) is 24.3 Å². The number of hydrogen-bond acceptors (Lipinski definition) is 4. The first-order chi connectivity index (χ1) is 11.2. The zero-order valence-corrected chi connectivity index (χ0v) is 13.1. The number of aliphatic hydroxyl groups is 1. The summed E-state index contributed by atoms with van der Waals surface area (Å²) in [6.45, 7) is 0.588. The third-order valence-corrected chi connectivity index (χ3v) is 3.87. The lowest BCUT2D eigenvalue weighted by molar-refractivity contribution is -0.157. The first-order valence-electron chi connectivity index (χ1n) is 7.46. The molecule has 1 aliphatic heterocycles. The molecular formula is C16H19F4NO3. The predicted octanol–water partition coefficient (Wildman–Crippen LogP) is 2.92. The Kier molecular flexibility index (Phi) is 5.82. The zero-order chi connectivity index (χ0) is 17.8. The van der Waals surface area contributed by atoms with Crippen LogP contribution in [0.25, 0.3) is 0 Å². The third-order valence-electron chi connectivity index (χ3n) is 3.87. The minimum absolute atomic E-state index is 0.204. The minimum atomic E-state index is -4.42. The molecule has 0 spiro atoms. The lowest BCUT2D eigenvalue weighted by Gasteiger charge is -2.36. The molecule has 4 nitrogen and oxygen atoms in total. The van der Waals surface area contributed by atoms with Crippen LogP contribution in [0.2, 0.25) is 0 Å². The Labute approximate surface area is 137 Å². The maximum Gasteiger partial charge on any atom is 0.389 e. The standard InChI is InChI=1S/C16H19F4NO3/c1-23-13-3-2-12(17)8-11(13)9-15(22,4-5-16(18,19)20)14-10-21-6-7-24-14/h2-3,8,10,14,22H,4-7,9H2,1H3. The van der Waals surface area contributed by atoms with Crippen LogP contribution >= 0.6 is 0 Å². The molecule has 1 aliphatic rings. The van der Waals surface area contributed by atoms with E-state index in [0.717, 1.165) is 6.07 Å². The van der Waals surface area contributed by atoms with Crippen molar-refractivity contribution < 1.29 is 32.1 Å². The molecular weight excluding hydrogens is 330 g/mol. The molecule has 0 aliphatic carbocycles. The molecule has 1 N–H and O–H groups in total. The van der Waals surface area contributed by atoms with Gasteiger partial charge in [0.2, 0.25) is 0 Å². The lowest BCUT2D eigenvalue weighted by atomic mass is 9.84. The Bertz CT molecular complexity index is 591. The summed E-state index contributed by atoms with van der Waals surface area (Å²) in [6, 6.07) is 3.68. The Morgan fingerprint density at radius 2 is 2.08 bits per heavy atom. The monoisotopic (exact) mass is 349 g/mol. The molecule has 8 heteroatoms. The fraction of sp³-hybridized carbons (Fsp3) is 0.562. The van der Waals surface area contributed by atoms with Gasteiger partial charge in [0.05, 0.1) is 20.3 Å². The van der Waals surface area contributed by atoms with Gasteiger partial charge in [0, 0.05) is 19.1 Å². The Balaban J connectivity index is 2.30. The van der Waals surface area contributed by atoms with E-state index in [0.29, 0.717) is 6.54 Å². The van der Waals surface area contributed by atoms with Gasteiger partial charge in [0.15, 0.2) is 0 Å². The molecule has 24 heavy (non-hydrogen) atoms. The van der Waals surface area contributed by atoms with Crippen molar-refractivity contribution in [1.29, 1.82) is 0 Å². The molecule has 2 unspecified atom stereocenters. The van der Waals surface area contributed by atoms with Crippen molar-refractivity contribution in [3.8, 4) is 5.75 Å². The Morgan fingerprint density at radius 3 is 2.67 bits per heavy atom. The highest BCUT2D eigenvalue weighted by atomic mass is 19.4. The molecule has 1 heterocycles. The summed E-state index contributed by atoms with van der Waals surface area (Å²) in [4.78, 5) is 3.97. The summed E-state index contributed by atoms with van der Waals surface area (Å²) in [5.74, 6) is -0.281. The largest absolute Gasteiger partial charge is 0.496 e. The second kappa shape index (κ2) is 7.48. The number of methoxy groups -OCH3 is 1. The molecule has 1 aromatic carbocycles. The smallest absolute Gasteiger partial charge is 0.389 e. The van der Waals surface area contributed by atoms with Gasteiger partial charge in [-0.25, -0.2) is 4.39 Å². The molecule has 0 amide bonds. The number of benzene rings is 1. The van der Waals surface area contributed by atoms with Crippen molar-refractivity contribution in [1.82, 2.24) is 0 Å². The van der Waals surface area contributed by atoms with E-state index < -0.39 is 36.5 Å². The number of aliphatic imine (C=N–C) groups is 1. The molecule has 2 atom stereocenters. The highest BCUT2D eigenvalue weighted by molar-refractivity contribution is 5.66. The van der Waals surface area contributed by atoms with Gasteiger partial charge < -0.3 is 14.6 Å². The van der Waals surface area contributed by atoms with Crippen molar-refractivity contribution in [2.24, 2.45) is 4.99 Å². The van der Waals surface area contributed by atoms with E-state index in [1.54, 1.807) is 0 Å². The van der Waals surface area contributed by atoms with Crippen molar-refractivity contribution in [3.63, 3.8) is 0 Å². The van der Waals surface area contributed by atoms with Crippen LogP contribution in [0.15, 0.2) is 23.2 Å². The number of rotatable bonds is 6. The molecule has 0 bridgehead atoms. The van der Waals surface area contributed by atoms with Gasteiger partial charge in [-0.3, -0.25) is 4.99 Å². The summed E-state index contributed by atoms with van der Waals surface area (Å²) in [7, 11) is 1.37. The van der Waals surface area contributed by atoms with Gasteiger partial charge in [-0.2, -0.15) is 13.2 Å². The number of nitrogens with zero attached hydrogens (tertiary/aromatic N) is 1. The molecule has 2 rings (SSSR count). The highest BCUT2D eigenvalue weighted by Gasteiger charge is 2.42. The number of halogens is 4.